The van der Waals surface area contributed by atoms with Crippen molar-refractivity contribution in [3.8, 4) is 23.0 Å². The molecule has 0 amide bonds. The Kier molecular flexibility index (Phi) is 3.56. The van der Waals surface area contributed by atoms with Crippen LogP contribution in [0.5, 0.6) is 23.0 Å². The quantitative estimate of drug-likeness (QED) is 0.488. The molecule has 0 aliphatic carbocycles. The monoisotopic (exact) mass is 330 g/mol. The van der Waals surface area contributed by atoms with E-state index in [0.29, 0.717) is 5.56 Å². The summed E-state index contributed by atoms with van der Waals surface area (Å²) in [4.78, 5) is 24.1. The van der Waals surface area contributed by atoms with E-state index in [-0.39, 0.29) is 28.4 Å². The van der Waals surface area contributed by atoms with E-state index in [4.69, 9.17) is 4.74 Å². The van der Waals surface area contributed by atoms with Crippen molar-refractivity contribution in [1.29, 1.82) is 0 Å². The molecule has 7 heteroatoms. The molecule has 1 heterocycles. The second-order valence-corrected chi connectivity index (χ2v) is 5.59. The average Bonchev–Trinajstić information content (AvgIpc) is 2.50. The predicted octanol–water partition coefficient (Wildman–Crippen LogP) is 1.77. The van der Waals surface area contributed by atoms with Crippen molar-refractivity contribution in [2.45, 2.75) is 18.9 Å². The lowest BCUT2D eigenvalue weighted by Gasteiger charge is -2.32. The summed E-state index contributed by atoms with van der Waals surface area (Å²) < 4.78 is 5.17. The molecule has 2 atom stereocenters. The van der Waals surface area contributed by atoms with Gasteiger partial charge in [-0.25, -0.2) is 4.79 Å². The number of rotatable bonds is 2. The van der Waals surface area contributed by atoms with Gasteiger partial charge in [0.2, 0.25) is 0 Å². The van der Waals surface area contributed by atoms with Crippen LogP contribution < -0.4 is 0 Å². The Labute approximate surface area is 136 Å². The second kappa shape index (κ2) is 5.45. The molecule has 0 spiro atoms. The van der Waals surface area contributed by atoms with Crippen LogP contribution >= 0.6 is 0 Å². The Morgan fingerprint density at radius 3 is 2.33 bits per heavy atom. The molecular formula is C17H14O7. The fourth-order valence-corrected chi connectivity index (χ4v) is 2.91. The van der Waals surface area contributed by atoms with Gasteiger partial charge in [0.1, 0.15) is 11.5 Å². The number of phenols is 4. The lowest BCUT2D eigenvalue weighted by atomic mass is 9.80. The molecule has 7 nitrogen and oxygen atoms in total. The van der Waals surface area contributed by atoms with Crippen molar-refractivity contribution in [2.24, 2.45) is 0 Å². The number of cyclic esters (lactones) is 1. The third-order valence-electron chi connectivity index (χ3n) is 3.97. The molecular weight excluding hydrogens is 316 g/mol. The highest BCUT2D eigenvalue weighted by atomic mass is 16.5. The molecule has 1 aliphatic rings. The lowest BCUT2D eigenvalue weighted by molar-refractivity contribution is -0.126. The fraction of sp³-hybridized carbons (Fsp3) is 0.176. The lowest BCUT2D eigenvalue weighted by Crippen LogP contribution is -2.37. The normalized spacial score (nSPS) is 19.5. The van der Waals surface area contributed by atoms with Gasteiger partial charge in [0.25, 0.3) is 0 Å². The number of esters is 1. The topological polar surface area (TPSA) is 124 Å². The number of fused-ring (bicyclic) bond motifs is 1. The number of hydrogen-bond donors (Lipinski definition) is 4. The smallest absolute Gasteiger partial charge is 0.339 e. The van der Waals surface area contributed by atoms with Crippen LogP contribution in [0, 0.1) is 0 Å². The highest BCUT2D eigenvalue weighted by Crippen LogP contribution is 2.44. The molecule has 0 saturated carbocycles. The second-order valence-electron chi connectivity index (χ2n) is 5.59. The van der Waals surface area contributed by atoms with Gasteiger partial charge in [0.15, 0.2) is 23.4 Å². The number of hydrogen-bond acceptors (Lipinski definition) is 7. The van der Waals surface area contributed by atoms with Gasteiger partial charge in [-0.15, -0.1) is 0 Å². The summed E-state index contributed by atoms with van der Waals surface area (Å²) in [7, 11) is 0. The van der Waals surface area contributed by atoms with Gasteiger partial charge in [-0.05, 0) is 30.7 Å². The molecule has 0 bridgehead atoms. The van der Waals surface area contributed by atoms with Crippen molar-refractivity contribution in [2.75, 3.05) is 0 Å². The van der Waals surface area contributed by atoms with E-state index in [2.05, 4.69) is 0 Å². The molecule has 0 aromatic heterocycles. The maximum absolute atomic E-state index is 12.1. The molecule has 4 N–H and O–H groups in total. The highest BCUT2D eigenvalue weighted by molar-refractivity contribution is 5.98. The van der Waals surface area contributed by atoms with E-state index < -0.39 is 29.5 Å². The number of carbonyl (C=O) groups is 2. The number of phenolic OH excluding ortho intramolecular Hbond substituents is 4. The summed E-state index contributed by atoms with van der Waals surface area (Å²) in [6.45, 7) is 1.24. The minimum absolute atomic E-state index is 0.0671. The van der Waals surface area contributed by atoms with Gasteiger partial charge < -0.3 is 25.2 Å². The van der Waals surface area contributed by atoms with Crippen molar-refractivity contribution >= 4 is 11.8 Å². The predicted molar refractivity (Wildman–Crippen MR) is 81.3 cm³/mol. The van der Waals surface area contributed by atoms with Crippen LogP contribution in [-0.4, -0.2) is 38.3 Å². The van der Waals surface area contributed by atoms with Gasteiger partial charge >= 0.3 is 5.97 Å². The first-order chi connectivity index (χ1) is 11.3. The summed E-state index contributed by atoms with van der Waals surface area (Å²) >= 11 is 0. The Bertz CT molecular complexity index is 856. The molecule has 1 aliphatic heterocycles. The first kappa shape index (κ1) is 15.7. The number of Topliss-reactive ketones (excluding diaryl/α,β-unsaturated/α-hetero) is 1. The van der Waals surface area contributed by atoms with Crippen molar-refractivity contribution in [3.63, 3.8) is 0 Å². The maximum atomic E-state index is 12.1. The van der Waals surface area contributed by atoms with E-state index in [0.717, 1.165) is 12.1 Å². The molecule has 3 rings (SSSR count). The average molecular weight is 330 g/mol. The van der Waals surface area contributed by atoms with E-state index in [1.165, 1.54) is 25.1 Å². The van der Waals surface area contributed by atoms with Gasteiger partial charge in [0.05, 0.1) is 11.5 Å². The van der Waals surface area contributed by atoms with Gasteiger partial charge in [-0.1, -0.05) is 6.07 Å². The van der Waals surface area contributed by atoms with Crippen LogP contribution in [0.3, 0.4) is 0 Å². The SMILES string of the molecule is CC(=O)[C@H]1OC(=O)c2cc(O)cc(O)c2[C@@H]1c1ccc(O)c(O)c1. The number of carbonyl (C=O) groups excluding carboxylic acids is 2. The molecule has 0 fully saturated rings. The summed E-state index contributed by atoms with van der Waals surface area (Å²) in [5.41, 5.74) is 0.414. The third kappa shape index (κ3) is 2.40. The highest BCUT2D eigenvalue weighted by Gasteiger charge is 2.41. The van der Waals surface area contributed by atoms with E-state index in [9.17, 15) is 30.0 Å². The fourth-order valence-electron chi connectivity index (χ4n) is 2.91. The summed E-state index contributed by atoms with van der Waals surface area (Å²) in [6, 6.07) is 6.11. The molecule has 0 radical (unpaired) electrons. The number of ether oxygens (including phenoxy) is 1. The van der Waals surface area contributed by atoms with E-state index in [1.54, 1.807) is 0 Å². The summed E-state index contributed by atoms with van der Waals surface area (Å²) in [5, 5.41) is 39.0. The summed E-state index contributed by atoms with van der Waals surface area (Å²) in [6.07, 6.45) is -1.20. The first-order valence-corrected chi connectivity index (χ1v) is 7.08. The van der Waals surface area contributed by atoms with Crippen molar-refractivity contribution in [3.05, 3.63) is 47.0 Å². The molecule has 0 unspecified atom stereocenters. The zero-order valence-corrected chi connectivity index (χ0v) is 12.6. The number of ketones is 1. The van der Waals surface area contributed by atoms with Crippen LogP contribution in [0.2, 0.25) is 0 Å². The minimum Gasteiger partial charge on any atom is -0.508 e. The summed E-state index contributed by atoms with van der Waals surface area (Å²) in [5.74, 6) is -3.62. The first-order valence-electron chi connectivity index (χ1n) is 7.08. The zero-order chi connectivity index (χ0) is 17.6. The zero-order valence-electron chi connectivity index (χ0n) is 12.6. The Balaban J connectivity index is 2.27. The standard InChI is InChI=1S/C17H14O7/c1-7(18)16-14(8-2-3-11(20)12(21)4-8)15-10(17(23)24-16)5-9(19)6-13(15)22/h2-6,14,16,19-22H,1H3/t14-,16+/m0/s1. The largest absolute Gasteiger partial charge is 0.508 e. The van der Waals surface area contributed by atoms with E-state index in [1.807, 2.05) is 0 Å². The van der Waals surface area contributed by atoms with Crippen LogP contribution in [0.15, 0.2) is 30.3 Å². The van der Waals surface area contributed by atoms with Gasteiger partial charge in [-0.3, -0.25) is 4.79 Å². The Morgan fingerprint density at radius 2 is 1.71 bits per heavy atom. The molecule has 0 saturated heterocycles. The third-order valence-corrected chi connectivity index (χ3v) is 3.97. The van der Waals surface area contributed by atoms with Crippen LogP contribution in [0.1, 0.15) is 34.3 Å². The maximum Gasteiger partial charge on any atom is 0.339 e. The molecule has 2 aromatic carbocycles. The minimum atomic E-state index is -1.20. The van der Waals surface area contributed by atoms with Crippen LogP contribution in [0.25, 0.3) is 0 Å². The Morgan fingerprint density at radius 1 is 1.00 bits per heavy atom. The molecule has 124 valence electrons. The van der Waals surface area contributed by atoms with Crippen molar-refractivity contribution in [1.82, 2.24) is 0 Å². The van der Waals surface area contributed by atoms with Gasteiger partial charge in [0, 0.05) is 11.6 Å². The number of aromatic hydroxyl groups is 4. The van der Waals surface area contributed by atoms with E-state index >= 15 is 0 Å². The molecule has 2 aromatic rings. The van der Waals surface area contributed by atoms with Crippen LogP contribution in [-0.2, 0) is 9.53 Å². The Hall–Kier alpha value is -3.22. The van der Waals surface area contributed by atoms with Crippen molar-refractivity contribution < 1.29 is 34.8 Å². The number of benzene rings is 2. The van der Waals surface area contributed by atoms with Crippen LogP contribution in [0.4, 0.5) is 0 Å². The molecule has 24 heavy (non-hydrogen) atoms. The van der Waals surface area contributed by atoms with Gasteiger partial charge in [-0.2, -0.15) is 0 Å².